The molecule has 1 N–H and O–H groups in total. The Labute approximate surface area is 218 Å². The van der Waals surface area contributed by atoms with Crippen LogP contribution in [0.3, 0.4) is 0 Å². The summed E-state index contributed by atoms with van der Waals surface area (Å²) in [5.74, 6) is 0.284. The molecule has 1 saturated heterocycles. The van der Waals surface area contributed by atoms with Crippen molar-refractivity contribution in [2.24, 2.45) is 0 Å². The van der Waals surface area contributed by atoms with Crippen molar-refractivity contribution in [2.75, 3.05) is 46.0 Å². The van der Waals surface area contributed by atoms with Crippen LogP contribution in [-0.4, -0.2) is 72.6 Å². The summed E-state index contributed by atoms with van der Waals surface area (Å²) in [7, 11) is 0. The van der Waals surface area contributed by atoms with E-state index in [4.69, 9.17) is 14.2 Å². The largest absolute Gasteiger partial charge is 0.507 e. The molecule has 198 valence electrons. The molecule has 2 heterocycles. The molecule has 1 fully saturated rings. The minimum Gasteiger partial charge on any atom is -0.507 e. The maximum atomic E-state index is 13.3. The Hall–Kier alpha value is -3.52. The number of carbonyl (C=O) groups excluding carboxylic acids is 2. The Balaban J connectivity index is 1.71. The fourth-order valence-electron chi connectivity index (χ4n) is 4.77. The van der Waals surface area contributed by atoms with Gasteiger partial charge >= 0.3 is 0 Å². The Bertz CT molecular complexity index is 1140. The van der Waals surface area contributed by atoms with Gasteiger partial charge in [0.2, 0.25) is 0 Å². The molecular formula is C29H36N2O6. The number of benzene rings is 2. The third kappa shape index (κ3) is 5.74. The molecule has 0 aliphatic carbocycles. The molecule has 8 nitrogen and oxygen atoms in total. The predicted octanol–water partition coefficient (Wildman–Crippen LogP) is 4.40. The first-order valence-electron chi connectivity index (χ1n) is 13.1. The number of likely N-dealkylation sites (tertiary alicyclic amines) is 1. The zero-order chi connectivity index (χ0) is 26.4. The van der Waals surface area contributed by atoms with Gasteiger partial charge in [-0.15, -0.1) is 0 Å². The second-order valence-electron chi connectivity index (χ2n) is 9.15. The number of ether oxygens (including phenoxy) is 3. The van der Waals surface area contributed by atoms with Crippen LogP contribution in [-0.2, 0) is 9.59 Å². The molecule has 2 aliphatic rings. The van der Waals surface area contributed by atoms with Gasteiger partial charge in [0.1, 0.15) is 24.7 Å². The van der Waals surface area contributed by atoms with Gasteiger partial charge in [0.05, 0.1) is 18.2 Å². The first kappa shape index (κ1) is 26.5. The molecule has 0 spiro atoms. The van der Waals surface area contributed by atoms with E-state index in [9.17, 15) is 14.7 Å². The van der Waals surface area contributed by atoms with Gasteiger partial charge in [-0.25, -0.2) is 0 Å². The lowest BCUT2D eigenvalue weighted by molar-refractivity contribution is -0.140. The Kier molecular flexibility index (Phi) is 8.71. The maximum Gasteiger partial charge on any atom is 0.295 e. The summed E-state index contributed by atoms with van der Waals surface area (Å²) in [4.78, 5) is 30.4. The lowest BCUT2D eigenvalue weighted by atomic mass is 9.95. The van der Waals surface area contributed by atoms with E-state index in [1.807, 2.05) is 31.2 Å². The Morgan fingerprint density at radius 2 is 1.73 bits per heavy atom. The number of hydrogen-bond donors (Lipinski definition) is 1. The van der Waals surface area contributed by atoms with Gasteiger partial charge in [-0.1, -0.05) is 32.9 Å². The molecule has 0 aromatic heterocycles. The molecule has 8 heteroatoms. The second-order valence-corrected chi connectivity index (χ2v) is 9.15. The first-order chi connectivity index (χ1) is 18.0. The zero-order valence-electron chi connectivity index (χ0n) is 21.9. The molecule has 0 bridgehead atoms. The van der Waals surface area contributed by atoms with Crippen molar-refractivity contribution in [3.05, 3.63) is 59.2 Å². The number of fused-ring (bicyclic) bond motifs is 1. The van der Waals surface area contributed by atoms with Crippen molar-refractivity contribution in [1.82, 2.24) is 9.80 Å². The third-order valence-corrected chi connectivity index (χ3v) is 6.79. The van der Waals surface area contributed by atoms with Crippen molar-refractivity contribution in [1.29, 1.82) is 0 Å². The van der Waals surface area contributed by atoms with Gasteiger partial charge in [-0.05, 0) is 68.4 Å². The van der Waals surface area contributed by atoms with Crippen molar-refractivity contribution >= 4 is 17.4 Å². The molecule has 2 aromatic carbocycles. The summed E-state index contributed by atoms with van der Waals surface area (Å²) in [6.07, 6.45) is 1.61. The molecule has 1 amide bonds. The number of aliphatic hydroxyl groups is 1. The van der Waals surface area contributed by atoms with Gasteiger partial charge in [0.15, 0.2) is 11.5 Å². The lowest BCUT2D eigenvalue weighted by Gasteiger charge is -2.27. The minimum absolute atomic E-state index is 0.0757. The number of ketones is 1. The second kappa shape index (κ2) is 12.1. The number of rotatable bonds is 11. The lowest BCUT2D eigenvalue weighted by Crippen LogP contribution is -2.33. The average Bonchev–Trinajstić information content (AvgIpc) is 3.18. The third-order valence-electron chi connectivity index (χ3n) is 6.79. The van der Waals surface area contributed by atoms with E-state index in [1.165, 1.54) is 0 Å². The highest BCUT2D eigenvalue weighted by atomic mass is 16.6. The number of nitrogens with zero attached hydrogens (tertiary/aromatic N) is 2. The van der Waals surface area contributed by atoms with Crippen molar-refractivity contribution in [3.8, 4) is 17.2 Å². The SMILES string of the molecule is CCCOc1ccc([C@@H]2C(=C(O)c3ccc4c(c3)OCCO4)C(=O)C(=O)N2CCCN(CC)CC)cc1. The van der Waals surface area contributed by atoms with Crippen LogP contribution < -0.4 is 14.2 Å². The van der Waals surface area contributed by atoms with Crippen molar-refractivity contribution in [2.45, 2.75) is 39.7 Å². The van der Waals surface area contributed by atoms with Gasteiger partial charge in [0.25, 0.3) is 11.7 Å². The smallest absolute Gasteiger partial charge is 0.295 e. The fraction of sp³-hybridized carbons (Fsp3) is 0.448. The molecule has 4 rings (SSSR count). The van der Waals surface area contributed by atoms with Crippen molar-refractivity contribution < 1.29 is 28.9 Å². The van der Waals surface area contributed by atoms with E-state index in [0.29, 0.717) is 49.8 Å². The Morgan fingerprint density at radius 3 is 2.41 bits per heavy atom. The number of hydrogen-bond acceptors (Lipinski definition) is 7. The van der Waals surface area contributed by atoms with Gasteiger partial charge < -0.3 is 29.1 Å². The highest BCUT2D eigenvalue weighted by Gasteiger charge is 2.45. The van der Waals surface area contributed by atoms with E-state index in [1.54, 1.807) is 23.1 Å². The maximum absolute atomic E-state index is 13.3. The van der Waals surface area contributed by atoms with E-state index in [0.717, 1.165) is 37.4 Å². The summed E-state index contributed by atoms with van der Waals surface area (Å²) < 4.78 is 17.0. The zero-order valence-corrected chi connectivity index (χ0v) is 21.9. The van der Waals surface area contributed by atoms with Gasteiger partial charge in [0, 0.05) is 12.1 Å². The van der Waals surface area contributed by atoms with Crippen LogP contribution in [0, 0.1) is 0 Å². The quantitative estimate of drug-likeness (QED) is 0.273. The van der Waals surface area contributed by atoms with Crippen LogP contribution in [0.2, 0.25) is 0 Å². The van der Waals surface area contributed by atoms with E-state index >= 15 is 0 Å². The van der Waals surface area contributed by atoms with E-state index in [-0.39, 0.29) is 11.3 Å². The minimum atomic E-state index is -0.704. The molecule has 0 radical (unpaired) electrons. The summed E-state index contributed by atoms with van der Waals surface area (Å²) in [6.45, 7) is 10.8. The van der Waals surface area contributed by atoms with Crippen LogP contribution >= 0.6 is 0 Å². The topological polar surface area (TPSA) is 88.5 Å². The molecule has 2 aromatic rings. The summed E-state index contributed by atoms with van der Waals surface area (Å²) >= 11 is 0. The monoisotopic (exact) mass is 508 g/mol. The molecule has 0 saturated carbocycles. The average molecular weight is 509 g/mol. The number of amides is 1. The van der Waals surface area contributed by atoms with Crippen LogP contribution in [0.5, 0.6) is 17.2 Å². The van der Waals surface area contributed by atoms with E-state index in [2.05, 4.69) is 18.7 Å². The molecule has 2 aliphatic heterocycles. The highest BCUT2D eigenvalue weighted by Crippen LogP contribution is 2.41. The Morgan fingerprint density at radius 1 is 1.03 bits per heavy atom. The molecular weight excluding hydrogens is 472 g/mol. The van der Waals surface area contributed by atoms with Crippen LogP contribution in [0.4, 0.5) is 0 Å². The number of Topliss-reactive ketones (excluding diaryl/α,β-unsaturated/α-hetero) is 1. The van der Waals surface area contributed by atoms with Crippen molar-refractivity contribution in [3.63, 3.8) is 0 Å². The number of aliphatic hydroxyl groups excluding tert-OH is 1. The first-order valence-corrected chi connectivity index (χ1v) is 13.1. The fourth-order valence-corrected chi connectivity index (χ4v) is 4.77. The predicted molar refractivity (Wildman–Crippen MR) is 141 cm³/mol. The van der Waals surface area contributed by atoms with Gasteiger partial charge in [-0.2, -0.15) is 0 Å². The molecule has 1 atom stereocenters. The standard InChI is InChI=1S/C29H36N2O6/c1-4-16-35-22-11-8-20(9-12-22)26-25(27(32)21-10-13-23-24(19-21)37-18-17-36-23)28(33)29(34)31(26)15-7-14-30(5-2)6-3/h8-13,19,26,32H,4-7,14-18H2,1-3H3/t26-/m1/s1. The normalized spacial score (nSPS) is 18.5. The van der Waals surface area contributed by atoms with Gasteiger partial charge in [-0.3, -0.25) is 9.59 Å². The summed E-state index contributed by atoms with van der Waals surface area (Å²) in [5, 5.41) is 11.4. The van der Waals surface area contributed by atoms with E-state index < -0.39 is 17.7 Å². The number of carbonyl (C=O) groups is 2. The summed E-state index contributed by atoms with van der Waals surface area (Å²) in [6, 6.07) is 11.7. The molecule has 0 unspecified atom stereocenters. The highest BCUT2D eigenvalue weighted by molar-refractivity contribution is 6.46. The van der Waals surface area contributed by atoms with Crippen LogP contribution in [0.25, 0.3) is 5.76 Å². The van der Waals surface area contributed by atoms with Crippen LogP contribution in [0.15, 0.2) is 48.0 Å². The summed E-state index contributed by atoms with van der Waals surface area (Å²) in [5.41, 5.74) is 1.22. The molecule has 37 heavy (non-hydrogen) atoms. The van der Waals surface area contributed by atoms with Crippen LogP contribution in [0.1, 0.15) is 50.8 Å².